The lowest BCUT2D eigenvalue weighted by molar-refractivity contribution is -0.274. The quantitative estimate of drug-likeness (QED) is 0.710. The molecule has 2 aromatic carbocycles. The highest BCUT2D eigenvalue weighted by Gasteiger charge is 2.32. The van der Waals surface area contributed by atoms with Crippen LogP contribution in [0.25, 0.3) is 0 Å². The maximum Gasteiger partial charge on any atom is 0.573 e. The van der Waals surface area contributed by atoms with Crippen molar-refractivity contribution >= 4 is 24.8 Å². The Hall–Kier alpha value is -1.87. The zero-order valence-corrected chi connectivity index (χ0v) is 17.2. The smallest absolute Gasteiger partial charge is 0.504 e. The van der Waals surface area contributed by atoms with Crippen LogP contribution in [-0.2, 0) is 0 Å². The van der Waals surface area contributed by atoms with Crippen LogP contribution in [0.3, 0.4) is 0 Å². The van der Waals surface area contributed by atoms with Crippen molar-refractivity contribution < 1.29 is 27.8 Å². The third-order valence-electron chi connectivity index (χ3n) is 4.49. The number of aromatic hydroxyl groups is 1. The van der Waals surface area contributed by atoms with Gasteiger partial charge in [-0.05, 0) is 23.8 Å². The summed E-state index contributed by atoms with van der Waals surface area (Å²) in [5, 5.41) is 13.9. The minimum atomic E-state index is -4.73. The van der Waals surface area contributed by atoms with Gasteiger partial charge in [-0.1, -0.05) is 24.3 Å². The first-order valence-corrected chi connectivity index (χ1v) is 8.55. The topological polar surface area (TPSA) is 54.0 Å². The molecule has 1 aliphatic heterocycles. The van der Waals surface area contributed by atoms with Crippen molar-refractivity contribution in [1.82, 2.24) is 10.2 Å². The fraction of sp³-hybridized carbons (Fsp3) is 0.368. The zero-order valence-electron chi connectivity index (χ0n) is 15.6. The third kappa shape index (κ3) is 6.30. The maximum atomic E-state index is 12.4. The molecule has 1 atom stereocenters. The Bertz CT molecular complexity index is 770. The second-order valence-electron chi connectivity index (χ2n) is 6.20. The summed E-state index contributed by atoms with van der Waals surface area (Å²) in [6, 6.07) is 10.7. The standard InChI is InChI=1S/C19H21F3N2O3.2ClH/c1-26-16-4-2-3-15(18(16)25)17(24-11-9-23-10-12-24)13-5-7-14(8-6-13)27-19(20,21)22;;/h2-8,17,23,25H,9-12H2,1H3;2*1H/t17-;;/m0../s1. The molecule has 10 heteroatoms. The van der Waals surface area contributed by atoms with Crippen molar-refractivity contribution in [3.05, 3.63) is 53.6 Å². The number of methoxy groups -OCH3 is 1. The molecule has 0 bridgehead atoms. The molecular weight excluding hydrogens is 432 g/mol. The number of piperazine rings is 1. The number of nitrogens with zero attached hydrogens (tertiary/aromatic N) is 1. The van der Waals surface area contributed by atoms with Gasteiger partial charge in [0.05, 0.1) is 13.2 Å². The number of benzene rings is 2. The molecule has 2 aromatic rings. The average Bonchev–Trinajstić information content (AvgIpc) is 2.64. The summed E-state index contributed by atoms with van der Waals surface area (Å²) < 4.78 is 46.4. The molecule has 3 rings (SSSR count). The Morgan fingerprint density at radius 3 is 2.21 bits per heavy atom. The number of halogens is 5. The van der Waals surface area contributed by atoms with Crippen LogP contribution in [0.5, 0.6) is 17.2 Å². The molecule has 0 spiro atoms. The van der Waals surface area contributed by atoms with Crippen LogP contribution in [0.1, 0.15) is 17.2 Å². The van der Waals surface area contributed by atoms with Gasteiger partial charge in [0.1, 0.15) is 5.75 Å². The van der Waals surface area contributed by atoms with Crippen LogP contribution in [0, 0.1) is 0 Å². The van der Waals surface area contributed by atoms with Crippen molar-refractivity contribution in [3.8, 4) is 17.2 Å². The molecule has 0 aromatic heterocycles. The molecule has 0 amide bonds. The van der Waals surface area contributed by atoms with Crippen molar-refractivity contribution in [2.75, 3.05) is 33.3 Å². The van der Waals surface area contributed by atoms with Crippen molar-refractivity contribution in [2.24, 2.45) is 0 Å². The number of rotatable bonds is 5. The van der Waals surface area contributed by atoms with Gasteiger partial charge in [0.15, 0.2) is 11.5 Å². The molecule has 1 fully saturated rings. The number of para-hydroxylation sites is 1. The minimum absolute atomic E-state index is 0. The summed E-state index contributed by atoms with van der Waals surface area (Å²) in [5.41, 5.74) is 1.40. The molecule has 2 N–H and O–H groups in total. The van der Waals surface area contributed by atoms with Crippen molar-refractivity contribution in [1.29, 1.82) is 0 Å². The second-order valence-corrected chi connectivity index (χ2v) is 6.20. The first-order chi connectivity index (χ1) is 12.9. The van der Waals surface area contributed by atoms with E-state index in [4.69, 9.17) is 4.74 Å². The minimum Gasteiger partial charge on any atom is -0.504 e. The monoisotopic (exact) mass is 454 g/mol. The number of alkyl halides is 3. The summed E-state index contributed by atoms with van der Waals surface area (Å²) in [6.07, 6.45) is -4.73. The lowest BCUT2D eigenvalue weighted by atomic mass is 9.95. The van der Waals surface area contributed by atoms with Crippen LogP contribution in [0.2, 0.25) is 0 Å². The van der Waals surface area contributed by atoms with Crippen LogP contribution in [-0.4, -0.2) is 49.7 Å². The van der Waals surface area contributed by atoms with E-state index < -0.39 is 6.36 Å². The molecule has 0 aliphatic carbocycles. The maximum absolute atomic E-state index is 12.4. The summed E-state index contributed by atoms with van der Waals surface area (Å²) in [4.78, 5) is 2.17. The van der Waals surface area contributed by atoms with E-state index in [9.17, 15) is 18.3 Å². The van der Waals surface area contributed by atoms with Gasteiger partial charge >= 0.3 is 6.36 Å². The van der Waals surface area contributed by atoms with E-state index in [0.717, 1.165) is 31.7 Å². The highest BCUT2D eigenvalue weighted by molar-refractivity contribution is 5.85. The molecule has 5 nitrogen and oxygen atoms in total. The molecule has 1 saturated heterocycles. The molecular formula is C19H23Cl2F3N2O3. The van der Waals surface area contributed by atoms with Gasteiger partial charge in [0.25, 0.3) is 0 Å². The number of ether oxygens (including phenoxy) is 2. The van der Waals surface area contributed by atoms with E-state index in [0.29, 0.717) is 11.3 Å². The molecule has 1 heterocycles. The fourth-order valence-corrected chi connectivity index (χ4v) is 3.30. The summed E-state index contributed by atoms with van der Waals surface area (Å²) >= 11 is 0. The summed E-state index contributed by atoms with van der Waals surface area (Å²) in [5.74, 6) is 0.101. The van der Waals surface area contributed by atoms with Gasteiger partial charge in [-0.3, -0.25) is 4.90 Å². The van der Waals surface area contributed by atoms with Gasteiger partial charge in [-0.25, -0.2) is 0 Å². The van der Waals surface area contributed by atoms with Crippen LogP contribution in [0.15, 0.2) is 42.5 Å². The molecule has 0 radical (unpaired) electrons. The van der Waals surface area contributed by atoms with Crippen LogP contribution >= 0.6 is 24.8 Å². The highest BCUT2D eigenvalue weighted by atomic mass is 35.5. The Kier molecular flexibility index (Phi) is 9.35. The van der Waals surface area contributed by atoms with Gasteiger partial charge in [0, 0.05) is 31.7 Å². The number of hydrogen-bond donors (Lipinski definition) is 2. The largest absolute Gasteiger partial charge is 0.573 e. The van der Waals surface area contributed by atoms with Gasteiger partial charge in [0.2, 0.25) is 0 Å². The molecule has 29 heavy (non-hydrogen) atoms. The van der Waals surface area contributed by atoms with E-state index in [-0.39, 0.29) is 42.4 Å². The second kappa shape index (κ2) is 10.8. The number of nitrogens with one attached hydrogen (secondary N) is 1. The number of phenolic OH excluding ortho intramolecular Hbond substituents is 1. The number of phenols is 1. The summed E-state index contributed by atoms with van der Waals surface area (Å²) in [6.45, 7) is 3.05. The van der Waals surface area contributed by atoms with E-state index in [1.807, 2.05) is 0 Å². The van der Waals surface area contributed by atoms with Gasteiger partial charge in [-0.2, -0.15) is 0 Å². The first kappa shape index (κ1) is 25.2. The highest BCUT2D eigenvalue weighted by Crippen LogP contribution is 2.40. The van der Waals surface area contributed by atoms with E-state index in [1.165, 1.54) is 19.2 Å². The van der Waals surface area contributed by atoms with Gasteiger partial charge in [-0.15, -0.1) is 38.0 Å². The Balaban J connectivity index is 0.00000210. The molecule has 1 aliphatic rings. The first-order valence-electron chi connectivity index (χ1n) is 8.55. The third-order valence-corrected chi connectivity index (χ3v) is 4.49. The van der Waals surface area contributed by atoms with Crippen LogP contribution < -0.4 is 14.8 Å². The van der Waals surface area contributed by atoms with Gasteiger partial charge < -0.3 is 19.9 Å². The van der Waals surface area contributed by atoms with E-state index in [1.54, 1.807) is 30.3 Å². The lowest BCUT2D eigenvalue weighted by Gasteiger charge is -2.36. The molecule has 0 unspecified atom stereocenters. The molecule has 0 saturated carbocycles. The predicted molar refractivity (Wildman–Crippen MR) is 109 cm³/mol. The Morgan fingerprint density at radius 2 is 1.66 bits per heavy atom. The Morgan fingerprint density at radius 1 is 1.03 bits per heavy atom. The van der Waals surface area contributed by atoms with Crippen molar-refractivity contribution in [2.45, 2.75) is 12.4 Å². The van der Waals surface area contributed by atoms with Crippen LogP contribution in [0.4, 0.5) is 13.2 Å². The lowest BCUT2D eigenvalue weighted by Crippen LogP contribution is -2.45. The normalized spacial score (nSPS) is 15.6. The fourth-order valence-electron chi connectivity index (χ4n) is 3.30. The molecule has 162 valence electrons. The predicted octanol–water partition coefficient (Wildman–Crippen LogP) is 4.14. The Labute approximate surface area is 179 Å². The van der Waals surface area contributed by atoms with E-state index in [2.05, 4.69) is 15.0 Å². The average molecular weight is 455 g/mol. The van der Waals surface area contributed by atoms with Crippen molar-refractivity contribution in [3.63, 3.8) is 0 Å². The SMILES string of the molecule is COc1cccc([C@H](c2ccc(OC(F)(F)F)cc2)N2CCNCC2)c1O.Cl.Cl. The number of hydrogen-bond acceptors (Lipinski definition) is 5. The van der Waals surface area contributed by atoms with E-state index >= 15 is 0 Å². The summed E-state index contributed by atoms with van der Waals surface area (Å²) in [7, 11) is 1.47. The zero-order chi connectivity index (χ0) is 19.4.